The molecular weight excluding hydrogens is 164 g/mol. The maximum atomic E-state index is 10.9. The first kappa shape index (κ1) is 8.73. The molecule has 0 bridgehead atoms. The zero-order valence-electron chi connectivity index (χ0n) is 7.91. The average molecular weight is 180 g/mol. The first-order valence-electron chi connectivity index (χ1n) is 5.21. The van der Waals surface area contributed by atoms with Crippen LogP contribution in [0, 0.1) is 5.92 Å². The minimum atomic E-state index is 0.0343. The highest BCUT2D eigenvalue weighted by Crippen LogP contribution is 2.22. The third-order valence-electron chi connectivity index (χ3n) is 2.83. The van der Waals surface area contributed by atoms with E-state index in [2.05, 4.69) is 11.3 Å². The Bertz CT molecular complexity index is 239. The summed E-state index contributed by atoms with van der Waals surface area (Å²) in [6.07, 6.45) is 9.36. The van der Waals surface area contributed by atoms with Crippen LogP contribution in [0.3, 0.4) is 0 Å². The van der Waals surface area contributed by atoms with Crippen molar-refractivity contribution in [1.82, 2.24) is 0 Å². The third-order valence-corrected chi connectivity index (χ3v) is 2.83. The number of hydrogen-bond donors (Lipinski definition) is 0. The number of hydrazone groups is 1. The highest BCUT2D eigenvalue weighted by Gasteiger charge is 2.18. The molecule has 2 rings (SSSR count). The standard InChI is InChI=1S/C10H16N2O/c13-10-6-7-12(11-10)8-9-4-2-1-3-5-9/h8-9H,1-7H2/b12-8-. The molecule has 0 N–H and O–H groups in total. The molecule has 2 aliphatic rings. The Morgan fingerprint density at radius 1 is 1.31 bits per heavy atom. The van der Waals surface area contributed by atoms with Crippen LogP contribution in [-0.4, -0.2) is 23.3 Å². The monoisotopic (exact) mass is 180 g/mol. The minimum absolute atomic E-state index is 0.0343. The van der Waals surface area contributed by atoms with Gasteiger partial charge in [-0.15, -0.1) is 0 Å². The zero-order valence-corrected chi connectivity index (χ0v) is 7.91. The van der Waals surface area contributed by atoms with Gasteiger partial charge in [-0.2, -0.15) is 0 Å². The Balaban J connectivity index is 1.94. The largest absolute Gasteiger partial charge is 0.857 e. The lowest BCUT2D eigenvalue weighted by Crippen LogP contribution is -2.14. The molecule has 0 saturated heterocycles. The second-order valence-corrected chi connectivity index (χ2v) is 3.95. The molecule has 1 heterocycles. The van der Waals surface area contributed by atoms with E-state index in [4.69, 9.17) is 0 Å². The van der Waals surface area contributed by atoms with Crippen LogP contribution in [-0.2, 0) is 0 Å². The Labute approximate surface area is 78.8 Å². The number of nitrogens with zero attached hydrogens (tertiary/aromatic N) is 2. The predicted octanol–water partition coefficient (Wildman–Crippen LogP) is 0.727. The van der Waals surface area contributed by atoms with Gasteiger partial charge < -0.3 is 5.11 Å². The summed E-state index contributed by atoms with van der Waals surface area (Å²) in [5.41, 5.74) is 0. The zero-order chi connectivity index (χ0) is 9.10. The van der Waals surface area contributed by atoms with E-state index in [1.165, 1.54) is 32.1 Å². The van der Waals surface area contributed by atoms with E-state index in [0.717, 1.165) is 6.54 Å². The molecular formula is C10H16N2O. The average Bonchev–Trinajstić information content (AvgIpc) is 2.53. The SMILES string of the molecule is [O-]C1=N/[N+](=C\C2CCCCC2)CC1. The van der Waals surface area contributed by atoms with Crippen LogP contribution in [0.1, 0.15) is 38.5 Å². The van der Waals surface area contributed by atoms with Gasteiger partial charge in [0, 0.05) is 18.2 Å². The molecule has 72 valence electrons. The van der Waals surface area contributed by atoms with Gasteiger partial charge in [-0.25, -0.2) is 0 Å². The van der Waals surface area contributed by atoms with Gasteiger partial charge in [-0.3, -0.25) is 0 Å². The van der Waals surface area contributed by atoms with Gasteiger partial charge >= 0.3 is 0 Å². The maximum Gasteiger partial charge on any atom is 0.178 e. The topological polar surface area (TPSA) is 38.4 Å². The summed E-state index contributed by atoms with van der Waals surface area (Å²) in [5.74, 6) is 0.704. The van der Waals surface area contributed by atoms with Gasteiger partial charge in [0.25, 0.3) is 0 Å². The van der Waals surface area contributed by atoms with Crippen LogP contribution in [0.2, 0.25) is 0 Å². The fourth-order valence-electron chi connectivity index (χ4n) is 2.09. The summed E-state index contributed by atoms with van der Waals surface area (Å²) >= 11 is 0. The molecule has 0 aromatic carbocycles. The lowest BCUT2D eigenvalue weighted by molar-refractivity contribution is -0.522. The van der Waals surface area contributed by atoms with Gasteiger partial charge in [0.2, 0.25) is 0 Å². The molecule has 1 aliphatic heterocycles. The summed E-state index contributed by atoms with van der Waals surface area (Å²) < 4.78 is 1.85. The van der Waals surface area contributed by atoms with Crippen LogP contribution in [0.4, 0.5) is 0 Å². The molecule has 0 aromatic heterocycles. The summed E-state index contributed by atoms with van der Waals surface area (Å²) in [5, 5.41) is 14.8. The Morgan fingerprint density at radius 3 is 2.69 bits per heavy atom. The number of rotatable bonds is 1. The third kappa shape index (κ3) is 2.29. The van der Waals surface area contributed by atoms with Crippen molar-refractivity contribution in [2.24, 2.45) is 11.0 Å². The Morgan fingerprint density at radius 2 is 2.08 bits per heavy atom. The summed E-state index contributed by atoms with van der Waals surface area (Å²) in [6, 6.07) is 0. The lowest BCUT2D eigenvalue weighted by atomic mass is 9.90. The molecule has 0 unspecified atom stereocenters. The lowest BCUT2D eigenvalue weighted by Gasteiger charge is -2.14. The molecule has 1 aliphatic carbocycles. The molecule has 0 amide bonds. The highest BCUT2D eigenvalue weighted by atomic mass is 16.3. The van der Waals surface area contributed by atoms with E-state index < -0.39 is 0 Å². The Hall–Kier alpha value is -0.860. The smallest absolute Gasteiger partial charge is 0.178 e. The molecule has 13 heavy (non-hydrogen) atoms. The van der Waals surface area contributed by atoms with Crippen LogP contribution in [0.25, 0.3) is 0 Å². The second-order valence-electron chi connectivity index (χ2n) is 3.95. The van der Waals surface area contributed by atoms with E-state index in [0.29, 0.717) is 12.3 Å². The van der Waals surface area contributed by atoms with Crippen molar-refractivity contribution >= 4 is 12.1 Å². The molecule has 3 heteroatoms. The Kier molecular flexibility index (Phi) is 2.62. The van der Waals surface area contributed by atoms with Crippen molar-refractivity contribution < 1.29 is 9.79 Å². The van der Waals surface area contributed by atoms with E-state index in [1.807, 2.05) is 4.68 Å². The van der Waals surface area contributed by atoms with Crippen LogP contribution >= 0.6 is 0 Å². The normalized spacial score (nSPS) is 28.0. The fourth-order valence-corrected chi connectivity index (χ4v) is 2.09. The van der Waals surface area contributed by atoms with Crippen molar-refractivity contribution in [3.05, 3.63) is 0 Å². The molecule has 0 aromatic rings. The van der Waals surface area contributed by atoms with Crippen molar-refractivity contribution in [3.8, 4) is 0 Å². The minimum Gasteiger partial charge on any atom is -0.857 e. The van der Waals surface area contributed by atoms with Crippen LogP contribution in [0.15, 0.2) is 5.10 Å². The first-order valence-corrected chi connectivity index (χ1v) is 5.21. The second kappa shape index (κ2) is 3.90. The van der Waals surface area contributed by atoms with Crippen LogP contribution in [0.5, 0.6) is 0 Å². The highest BCUT2D eigenvalue weighted by molar-refractivity contribution is 5.72. The summed E-state index contributed by atoms with van der Waals surface area (Å²) in [7, 11) is 0. The van der Waals surface area contributed by atoms with E-state index in [1.54, 1.807) is 0 Å². The predicted molar refractivity (Wildman–Crippen MR) is 49.8 cm³/mol. The maximum absolute atomic E-state index is 10.9. The van der Waals surface area contributed by atoms with Crippen molar-refractivity contribution in [3.63, 3.8) is 0 Å². The van der Waals surface area contributed by atoms with Crippen molar-refractivity contribution in [2.45, 2.75) is 38.5 Å². The van der Waals surface area contributed by atoms with Gasteiger partial charge in [-0.1, -0.05) is 23.9 Å². The van der Waals surface area contributed by atoms with E-state index >= 15 is 0 Å². The van der Waals surface area contributed by atoms with Gasteiger partial charge in [-0.05, 0) is 17.9 Å². The molecule has 1 fully saturated rings. The summed E-state index contributed by atoms with van der Waals surface area (Å²) in [6.45, 7) is 0.801. The molecule has 0 spiro atoms. The van der Waals surface area contributed by atoms with Gasteiger partial charge in [0.15, 0.2) is 12.8 Å². The molecule has 1 saturated carbocycles. The van der Waals surface area contributed by atoms with Gasteiger partial charge in [0.1, 0.15) is 0 Å². The van der Waals surface area contributed by atoms with Crippen LogP contribution < -0.4 is 5.11 Å². The van der Waals surface area contributed by atoms with Crippen molar-refractivity contribution in [1.29, 1.82) is 0 Å². The number of hydrogen-bond acceptors (Lipinski definition) is 2. The quantitative estimate of drug-likeness (QED) is 0.548. The van der Waals surface area contributed by atoms with Gasteiger partial charge in [0.05, 0.1) is 0 Å². The summed E-state index contributed by atoms with van der Waals surface area (Å²) in [4.78, 5) is 0. The molecule has 3 nitrogen and oxygen atoms in total. The fraction of sp³-hybridized carbons (Fsp3) is 0.800. The van der Waals surface area contributed by atoms with E-state index in [-0.39, 0.29) is 5.90 Å². The first-order chi connectivity index (χ1) is 6.34. The molecule has 0 radical (unpaired) electrons. The van der Waals surface area contributed by atoms with E-state index in [9.17, 15) is 5.11 Å². The van der Waals surface area contributed by atoms with Crippen molar-refractivity contribution in [2.75, 3.05) is 6.54 Å². The molecule has 0 atom stereocenters.